The molecule has 7 heteroatoms. The number of aromatic nitrogens is 1. The van der Waals surface area contributed by atoms with Gasteiger partial charge in [0.2, 0.25) is 0 Å². The fraction of sp³-hybridized carbons (Fsp3) is 0.192. The highest BCUT2D eigenvalue weighted by Gasteiger charge is 2.46. The molecule has 0 saturated carbocycles. The third kappa shape index (κ3) is 4.57. The fourth-order valence-electron chi connectivity index (χ4n) is 3.82. The second-order valence-electron chi connectivity index (χ2n) is 7.75. The van der Waals surface area contributed by atoms with Crippen LogP contribution < -0.4 is 4.74 Å². The number of hydrogen-bond donors (Lipinski definition) is 2. The lowest BCUT2D eigenvalue weighted by Crippen LogP contribution is -2.29. The smallest absolute Gasteiger partial charge is 0.295 e. The molecule has 2 N–H and O–H groups in total. The van der Waals surface area contributed by atoms with Gasteiger partial charge in [0.25, 0.3) is 11.7 Å². The number of carbonyl (C=O) groups is 2. The summed E-state index contributed by atoms with van der Waals surface area (Å²) in [6.07, 6.45) is 4.12. The van der Waals surface area contributed by atoms with Gasteiger partial charge in [-0.1, -0.05) is 25.1 Å². The quantitative estimate of drug-likeness (QED) is 0.322. The Hall–Kier alpha value is -4.13. The van der Waals surface area contributed by atoms with Crippen molar-refractivity contribution >= 4 is 17.4 Å². The molecule has 1 aliphatic heterocycles. The van der Waals surface area contributed by atoms with Crippen molar-refractivity contribution in [2.24, 2.45) is 0 Å². The minimum atomic E-state index is -0.818. The summed E-state index contributed by atoms with van der Waals surface area (Å²) in [7, 11) is 0. The van der Waals surface area contributed by atoms with Crippen molar-refractivity contribution in [2.75, 3.05) is 6.61 Å². The van der Waals surface area contributed by atoms with Gasteiger partial charge in [-0.05, 0) is 60.0 Å². The van der Waals surface area contributed by atoms with Gasteiger partial charge in [0.05, 0.1) is 18.2 Å². The van der Waals surface area contributed by atoms with Crippen molar-refractivity contribution in [2.45, 2.75) is 25.9 Å². The van der Waals surface area contributed by atoms with E-state index < -0.39 is 17.7 Å². The minimum Gasteiger partial charge on any atom is -0.508 e. The molecule has 1 saturated heterocycles. The van der Waals surface area contributed by atoms with Crippen LogP contribution in [0.1, 0.15) is 36.1 Å². The van der Waals surface area contributed by atoms with Gasteiger partial charge < -0.3 is 19.8 Å². The molecule has 1 amide bonds. The zero-order chi connectivity index (χ0) is 23.4. The Labute approximate surface area is 191 Å². The molecule has 0 aliphatic carbocycles. The van der Waals surface area contributed by atoms with Crippen LogP contribution in [-0.4, -0.2) is 38.4 Å². The first-order chi connectivity index (χ1) is 16.0. The number of rotatable bonds is 7. The first-order valence-corrected chi connectivity index (χ1v) is 10.7. The van der Waals surface area contributed by atoms with Gasteiger partial charge in [-0.3, -0.25) is 14.6 Å². The number of hydrogen-bond acceptors (Lipinski definition) is 6. The molecule has 7 nitrogen and oxygen atoms in total. The van der Waals surface area contributed by atoms with Crippen LogP contribution in [-0.2, 0) is 16.1 Å². The lowest BCUT2D eigenvalue weighted by molar-refractivity contribution is -0.140. The van der Waals surface area contributed by atoms with Crippen molar-refractivity contribution < 1.29 is 24.5 Å². The number of ketones is 1. The lowest BCUT2D eigenvalue weighted by atomic mass is 9.95. The van der Waals surface area contributed by atoms with Crippen LogP contribution in [0.5, 0.6) is 11.5 Å². The Kier molecular flexibility index (Phi) is 6.40. The number of aliphatic hydroxyl groups excluding tert-OH is 1. The van der Waals surface area contributed by atoms with Crippen molar-refractivity contribution in [3.63, 3.8) is 0 Å². The second kappa shape index (κ2) is 9.56. The molecular formula is C26H24N2O5. The maximum absolute atomic E-state index is 13.1. The highest BCUT2D eigenvalue weighted by Crippen LogP contribution is 2.40. The van der Waals surface area contributed by atoms with Gasteiger partial charge in [0.1, 0.15) is 17.3 Å². The number of aromatic hydroxyl groups is 1. The van der Waals surface area contributed by atoms with Gasteiger partial charge >= 0.3 is 0 Å². The Balaban J connectivity index is 1.78. The second-order valence-corrected chi connectivity index (χ2v) is 7.75. The van der Waals surface area contributed by atoms with Crippen molar-refractivity contribution in [1.82, 2.24) is 9.88 Å². The number of aliphatic hydroxyl groups is 1. The first-order valence-electron chi connectivity index (χ1n) is 10.7. The highest BCUT2D eigenvalue weighted by molar-refractivity contribution is 6.46. The number of nitrogens with zero attached hydrogens (tertiary/aromatic N) is 2. The van der Waals surface area contributed by atoms with E-state index in [-0.39, 0.29) is 23.6 Å². The molecule has 0 spiro atoms. The summed E-state index contributed by atoms with van der Waals surface area (Å²) in [5.41, 5.74) is 1.75. The molecule has 2 heterocycles. The summed E-state index contributed by atoms with van der Waals surface area (Å²) in [6, 6.07) is 15.7. The summed E-state index contributed by atoms with van der Waals surface area (Å²) in [4.78, 5) is 31.6. The van der Waals surface area contributed by atoms with Crippen molar-refractivity contribution in [1.29, 1.82) is 0 Å². The molecule has 33 heavy (non-hydrogen) atoms. The summed E-state index contributed by atoms with van der Waals surface area (Å²) < 4.78 is 5.58. The van der Waals surface area contributed by atoms with E-state index in [0.717, 1.165) is 12.0 Å². The van der Waals surface area contributed by atoms with E-state index >= 15 is 0 Å². The van der Waals surface area contributed by atoms with E-state index in [2.05, 4.69) is 4.98 Å². The summed E-state index contributed by atoms with van der Waals surface area (Å²) in [5, 5.41) is 20.8. The number of carbonyl (C=O) groups excluding carboxylic acids is 2. The SMILES string of the molecule is CCCOc1ccc(/C(O)=C2\C(=O)C(=O)N(Cc3cccnc3)[C@@H]2c2ccc(O)cc2)cc1. The van der Waals surface area contributed by atoms with Crippen LogP contribution in [0.4, 0.5) is 0 Å². The molecule has 2 aromatic carbocycles. The topological polar surface area (TPSA) is 100.0 Å². The normalized spacial score (nSPS) is 17.4. The molecule has 1 aliphatic rings. The Morgan fingerprint density at radius 3 is 2.42 bits per heavy atom. The van der Waals surface area contributed by atoms with Gasteiger partial charge in [-0.15, -0.1) is 0 Å². The van der Waals surface area contributed by atoms with Crippen molar-refractivity contribution in [3.05, 3.63) is 95.3 Å². The first kappa shape index (κ1) is 22.1. The van der Waals surface area contributed by atoms with E-state index in [1.165, 1.54) is 17.0 Å². The number of pyridine rings is 1. The number of amides is 1. The van der Waals surface area contributed by atoms with Gasteiger partial charge in [0, 0.05) is 24.5 Å². The van der Waals surface area contributed by atoms with Crippen LogP contribution in [0.3, 0.4) is 0 Å². The Bertz CT molecular complexity index is 1170. The molecule has 1 aromatic heterocycles. The van der Waals surface area contributed by atoms with Crippen LogP contribution in [0.25, 0.3) is 5.76 Å². The third-order valence-corrected chi connectivity index (χ3v) is 5.43. The molecule has 3 aromatic rings. The number of ether oxygens (including phenoxy) is 1. The van der Waals surface area contributed by atoms with Crippen molar-refractivity contribution in [3.8, 4) is 11.5 Å². The fourth-order valence-corrected chi connectivity index (χ4v) is 3.82. The third-order valence-electron chi connectivity index (χ3n) is 5.43. The van der Waals surface area contributed by atoms with Gasteiger partial charge in [-0.25, -0.2) is 0 Å². The lowest BCUT2D eigenvalue weighted by Gasteiger charge is -2.25. The van der Waals surface area contributed by atoms with E-state index in [0.29, 0.717) is 23.5 Å². The van der Waals surface area contributed by atoms with E-state index in [4.69, 9.17) is 4.74 Å². The number of phenolic OH excluding ortho intramolecular Hbond substituents is 1. The standard InChI is InChI=1S/C26H24N2O5/c1-2-14-33-21-11-7-19(8-12-21)24(30)22-23(18-5-9-20(29)10-6-18)28(26(32)25(22)31)16-17-4-3-13-27-15-17/h3-13,15,23,29-30H,2,14,16H2,1H3/b24-22+/t23-/m1/s1. The summed E-state index contributed by atoms with van der Waals surface area (Å²) in [5.74, 6) is -1.02. The monoisotopic (exact) mass is 444 g/mol. The maximum atomic E-state index is 13.1. The number of benzene rings is 2. The van der Waals surface area contributed by atoms with Crippen LogP contribution in [0, 0.1) is 0 Å². The molecular weight excluding hydrogens is 420 g/mol. The molecule has 0 bridgehead atoms. The number of Topliss-reactive ketones (excluding diaryl/α,β-unsaturated/α-hetero) is 1. The maximum Gasteiger partial charge on any atom is 0.295 e. The van der Waals surface area contributed by atoms with Gasteiger partial charge in [0.15, 0.2) is 0 Å². The average Bonchev–Trinajstić information content (AvgIpc) is 3.08. The minimum absolute atomic E-state index is 0.00296. The molecule has 4 rings (SSSR count). The number of likely N-dealkylation sites (tertiary alicyclic amines) is 1. The van der Waals surface area contributed by atoms with E-state index in [1.54, 1.807) is 54.9 Å². The summed E-state index contributed by atoms with van der Waals surface area (Å²) in [6.45, 7) is 2.73. The molecule has 1 fully saturated rings. The van der Waals surface area contributed by atoms with Crippen LogP contribution in [0.2, 0.25) is 0 Å². The zero-order valence-corrected chi connectivity index (χ0v) is 18.1. The average molecular weight is 444 g/mol. The predicted molar refractivity (Wildman–Crippen MR) is 122 cm³/mol. The van der Waals surface area contributed by atoms with Crippen LogP contribution in [0.15, 0.2) is 78.6 Å². The highest BCUT2D eigenvalue weighted by atomic mass is 16.5. The molecule has 0 radical (unpaired) electrons. The van der Waals surface area contributed by atoms with E-state index in [1.807, 2.05) is 13.0 Å². The molecule has 168 valence electrons. The number of phenols is 1. The van der Waals surface area contributed by atoms with Crippen LogP contribution >= 0.6 is 0 Å². The predicted octanol–water partition coefficient (Wildman–Crippen LogP) is 4.20. The Morgan fingerprint density at radius 1 is 1.06 bits per heavy atom. The largest absolute Gasteiger partial charge is 0.508 e. The molecule has 0 unspecified atom stereocenters. The summed E-state index contributed by atoms with van der Waals surface area (Å²) >= 11 is 0. The van der Waals surface area contributed by atoms with Gasteiger partial charge in [-0.2, -0.15) is 0 Å². The zero-order valence-electron chi connectivity index (χ0n) is 18.1. The Morgan fingerprint density at radius 2 is 1.79 bits per heavy atom. The van der Waals surface area contributed by atoms with E-state index in [9.17, 15) is 19.8 Å². The molecule has 1 atom stereocenters.